The second kappa shape index (κ2) is 8.01. The lowest BCUT2D eigenvalue weighted by molar-refractivity contribution is -0.125. The second-order valence-electron chi connectivity index (χ2n) is 6.07. The molecule has 1 unspecified atom stereocenters. The first-order chi connectivity index (χ1) is 11.1. The highest BCUT2D eigenvalue weighted by Gasteiger charge is 2.35. The van der Waals surface area contributed by atoms with Gasteiger partial charge in [-0.3, -0.25) is 9.48 Å². The standard InChI is InChI=1S/C17H21ClN4O.ClH/c1-11(13-5-3-4-6-16(13)18)21-17(23)15-9-19-8-14(15)12-7-20-22(2)10-12;/h3-7,10-11,14-15,19H,8-9H2,1-2H3,(H,21,23);1H/t11?,14-,15+;/m1./s1. The quantitative estimate of drug-likeness (QED) is 0.871. The zero-order valence-corrected chi connectivity index (χ0v) is 15.3. The van der Waals surface area contributed by atoms with Crippen molar-refractivity contribution in [1.82, 2.24) is 20.4 Å². The zero-order chi connectivity index (χ0) is 16.4. The van der Waals surface area contributed by atoms with Crippen molar-refractivity contribution >= 4 is 29.9 Å². The van der Waals surface area contributed by atoms with Gasteiger partial charge < -0.3 is 10.6 Å². The highest BCUT2D eigenvalue weighted by Crippen LogP contribution is 2.29. The van der Waals surface area contributed by atoms with Gasteiger partial charge in [0.25, 0.3) is 0 Å². The molecule has 1 fully saturated rings. The number of hydrogen-bond acceptors (Lipinski definition) is 3. The molecule has 1 aromatic heterocycles. The van der Waals surface area contributed by atoms with E-state index in [-0.39, 0.29) is 36.2 Å². The summed E-state index contributed by atoms with van der Waals surface area (Å²) < 4.78 is 1.77. The van der Waals surface area contributed by atoms with E-state index in [1.807, 2.05) is 50.6 Å². The van der Waals surface area contributed by atoms with Crippen LogP contribution in [0, 0.1) is 5.92 Å². The number of benzene rings is 1. The molecule has 1 saturated heterocycles. The molecule has 1 amide bonds. The Balaban J connectivity index is 0.00000208. The predicted molar refractivity (Wildman–Crippen MR) is 97.6 cm³/mol. The van der Waals surface area contributed by atoms with Gasteiger partial charge in [0.2, 0.25) is 5.91 Å². The molecule has 3 atom stereocenters. The van der Waals surface area contributed by atoms with Crippen LogP contribution in [0.4, 0.5) is 0 Å². The van der Waals surface area contributed by atoms with Gasteiger partial charge in [-0.2, -0.15) is 5.10 Å². The molecule has 3 rings (SSSR count). The third-order valence-corrected chi connectivity index (χ3v) is 4.78. The van der Waals surface area contributed by atoms with Gasteiger partial charge in [0.1, 0.15) is 0 Å². The van der Waals surface area contributed by atoms with Crippen molar-refractivity contribution in [3.8, 4) is 0 Å². The van der Waals surface area contributed by atoms with Crippen molar-refractivity contribution in [1.29, 1.82) is 0 Å². The third-order valence-electron chi connectivity index (χ3n) is 4.43. The molecular formula is C17H22Cl2N4O. The van der Waals surface area contributed by atoms with Crippen molar-refractivity contribution in [2.45, 2.75) is 18.9 Å². The van der Waals surface area contributed by atoms with Crippen molar-refractivity contribution in [2.24, 2.45) is 13.0 Å². The second-order valence-corrected chi connectivity index (χ2v) is 6.48. The summed E-state index contributed by atoms with van der Waals surface area (Å²) in [6, 6.07) is 7.49. The first-order valence-corrected chi connectivity index (χ1v) is 8.18. The van der Waals surface area contributed by atoms with Gasteiger partial charge in [-0.25, -0.2) is 0 Å². The summed E-state index contributed by atoms with van der Waals surface area (Å²) in [6.45, 7) is 3.44. The fourth-order valence-electron chi connectivity index (χ4n) is 3.16. The summed E-state index contributed by atoms with van der Waals surface area (Å²) in [7, 11) is 1.89. The molecule has 2 aromatic rings. The van der Waals surface area contributed by atoms with E-state index in [0.29, 0.717) is 11.6 Å². The molecule has 1 aliphatic heterocycles. The lowest BCUT2D eigenvalue weighted by atomic mass is 9.90. The summed E-state index contributed by atoms with van der Waals surface area (Å²) in [6.07, 6.45) is 3.82. The number of hydrogen-bond donors (Lipinski definition) is 2. The van der Waals surface area contributed by atoms with E-state index >= 15 is 0 Å². The third kappa shape index (κ3) is 3.91. The Labute approximate surface area is 153 Å². The Morgan fingerprint density at radius 1 is 1.42 bits per heavy atom. The number of halogens is 2. The van der Waals surface area contributed by atoms with Crippen molar-refractivity contribution in [2.75, 3.05) is 13.1 Å². The fraction of sp³-hybridized carbons (Fsp3) is 0.412. The van der Waals surface area contributed by atoms with Crippen LogP contribution < -0.4 is 10.6 Å². The van der Waals surface area contributed by atoms with E-state index in [9.17, 15) is 4.79 Å². The van der Waals surface area contributed by atoms with Crippen LogP contribution in [0.5, 0.6) is 0 Å². The molecule has 0 spiro atoms. The predicted octanol–water partition coefficient (Wildman–Crippen LogP) is 2.68. The molecule has 0 saturated carbocycles. The van der Waals surface area contributed by atoms with E-state index in [0.717, 1.165) is 17.7 Å². The normalized spacial score (nSPS) is 21.1. The Hall–Kier alpha value is -1.56. The van der Waals surface area contributed by atoms with Crippen molar-refractivity contribution < 1.29 is 4.79 Å². The van der Waals surface area contributed by atoms with Crippen LogP contribution in [0.1, 0.15) is 30.0 Å². The molecule has 1 aliphatic rings. The molecule has 24 heavy (non-hydrogen) atoms. The van der Waals surface area contributed by atoms with E-state index in [4.69, 9.17) is 11.6 Å². The number of nitrogens with zero attached hydrogens (tertiary/aromatic N) is 2. The largest absolute Gasteiger partial charge is 0.349 e. The SMILES string of the molecule is CC(NC(=O)[C@H]1CNC[C@@H]1c1cnn(C)c1)c1ccccc1Cl.Cl. The van der Waals surface area contributed by atoms with Gasteiger partial charge in [0.05, 0.1) is 18.2 Å². The van der Waals surface area contributed by atoms with Gasteiger partial charge in [-0.15, -0.1) is 12.4 Å². The minimum atomic E-state index is -0.119. The van der Waals surface area contributed by atoms with Crippen LogP contribution in [0.25, 0.3) is 0 Å². The van der Waals surface area contributed by atoms with Crippen molar-refractivity contribution in [3.63, 3.8) is 0 Å². The summed E-state index contributed by atoms with van der Waals surface area (Å²) in [5.74, 6) is 0.113. The van der Waals surface area contributed by atoms with Gasteiger partial charge in [0, 0.05) is 37.3 Å². The minimum absolute atomic E-state index is 0. The number of aromatic nitrogens is 2. The highest BCUT2D eigenvalue weighted by molar-refractivity contribution is 6.31. The first-order valence-electron chi connectivity index (χ1n) is 7.80. The van der Waals surface area contributed by atoms with Crippen LogP contribution >= 0.6 is 24.0 Å². The summed E-state index contributed by atoms with van der Waals surface area (Å²) >= 11 is 6.21. The molecule has 5 nitrogen and oxygen atoms in total. The van der Waals surface area contributed by atoms with Crippen LogP contribution in [-0.2, 0) is 11.8 Å². The lowest BCUT2D eigenvalue weighted by Crippen LogP contribution is -2.36. The molecular weight excluding hydrogens is 347 g/mol. The van der Waals surface area contributed by atoms with Gasteiger partial charge in [0.15, 0.2) is 0 Å². The molecule has 2 N–H and O–H groups in total. The molecule has 7 heteroatoms. The van der Waals surface area contributed by atoms with Crippen LogP contribution in [0.2, 0.25) is 5.02 Å². The highest BCUT2D eigenvalue weighted by atomic mass is 35.5. The van der Waals surface area contributed by atoms with E-state index in [1.54, 1.807) is 4.68 Å². The zero-order valence-electron chi connectivity index (χ0n) is 13.7. The molecule has 130 valence electrons. The molecule has 0 aliphatic carbocycles. The Bertz CT molecular complexity index is 703. The van der Waals surface area contributed by atoms with Gasteiger partial charge in [-0.1, -0.05) is 29.8 Å². The molecule has 1 aromatic carbocycles. The number of carbonyl (C=O) groups is 1. The fourth-order valence-corrected chi connectivity index (χ4v) is 3.46. The van der Waals surface area contributed by atoms with Crippen LogP contribution in [-0.4, -0.2) is 28.8 Å². The number of aryl methyl sites for hydroxylation is 1. The lowest BCUT2D eigenvalue weighted by Gasteiger charge is -2.21. The molecule has 0 radical (unpaired) electrons. The summed E-state index contributed by atoms with van der Waals surface area (Å²) in [5, 5.41) is 11.3. The maximum atomic E-state index is 12.7. The number of carbonyl (C=O) groups excluding carboxylic acids is 1. The van der Waals surface area contributed by atoms with Crippen molar-refractivity contribution in [3.05, 3.63) is 52.8 Å². The Kier molecular flexibility index (Phi) is 6.27. The first kappa shape index (κ1) is 18.8. The van der Waals surface area contributed by atoms with Crippen LogP contribution in [0.3, 0.4) is 0 Å². The summed E-state index contributed by atoms with van der Waals surface area (Å²) in [4.78, 5) is 12.7. The maximum Gasteiger partial charge on any atom is 0.225 e. The molecule has 2 heterocycles. The maximum absolute atomic E-state index is 12.7. The Morgan fingerprint density at radius 2 is 2.17 bits per heavy atom. The average Bonchev–Trinajstić information content (AvgIpc) is 3.15. The van der Waals surface area contributed by atoms with Gasteiger partial charge >= 0.3 is 0 Å². The Morgan fingerprint density at radius 3 is 2.83 bits per heavy atom. The minimum Gasteiger partial charge on any atom is -0.349 e. The topological polar surface area (TPSA) is 59.0 Å². The smallest absolute Gasteiger partial charge is 0.225 e. The van der Waals surface area contributed by atoms with E-state index in [2.05, 4.69) is 15.7 Å². The van der Waals surface area contributed by atoms with Crippen LogP contribution in [0.15, 0.2) is 36.7 Å². The summed E-state index contributed by atoms with van der Waals surface area (Å²) in [5.41, 5.74) is 2.04. The number of nitrogens with one attached hydrogen (secondary N) is 2. The number of rotatable bonds is 4. The average molecular weight is 369 g/mol. The molecule has 0 bridgehead atoms. The number of amides is 1. The van der Waals surface area contributed by atoms with E-state index < -0.39 is 0 Å². The van der Waals surface area contributed by atoms with E-state index in [1.165, 1.54) is 0 Å². The van der Waals surface area contributed by atoms with Gasteiger partial charge in [-0.05, 0) is 24.1 Å². The monoisotopic (exact) mass is 368 g/mol.